The molecule has 5 nitrogen and oxygen atoms in total. The number of aliphatic hydroxyl groups is 1. The Hall–Kier alpha value is -2.08. The van der Waals surface area contributed by atoms with Crippen LogP contribution < -0.4 is 9.47 Å². The Morgan fingerprint density at radius 3 is 1.54 bits per heavy atom. The third-order valence-electron chi connectivity index (χ3n) is 3.46. The first-order valence-electron chi connectivity index (χ1n) is 7.81. The Labute approximate surface area is 142 Å². The smallest absolute Gasteiger partial charge is 0.118 e. The average molecular weight is 332 g/mol. The molecule has 1 atom stereocenters. The van der Waals surface area contributed by atoms with Gasteiger partial charge in [0.1, 0.15) is 17.6 Å². The molecule has 0 aromatic heterocycles. The molecular weight excluding hydrogens is 308 g/mol. The Morgan fingerprint density at radius 1 is 0.875 bits per heavy atom. The zero-order valence-electron chi connectivity index (χ0n) is 14.1. The van der Waals surface area contributed by atoms with Crippen molar-refractivity contribution >= 4 is 0 Å². The van der Waals surface area contributed by atoms with Crippen LogP contribution in [0, 0.1) is 0 Å². The van der Waals surface area contributed by atoms with E-state index in [1.54, 1.807) is 14.2 Å². The first kappa shape index (κ1) is 18.3. The number of hydrogen-bond donors (Lipinski definition) is 1. The van der Waals surface area contributed by atoms with E-state index < -0.39 is 0 Å². The van der Waals surface area contributed by atoms with Crippen LogP contribution in [-0.2, 0) is 22.7 Å². The molecule has 5 heteroatoms. The zero-order chi connectivity index (χ0) is 17.2. The van der Waals surface area contributed by atoms with Gasteiger partial charge in [-0.2, -0.15) is 0 Å². The van der Waals surface area contributed by atoms with Gasteiger partial charge in [-0.1, -0.05) is 24.3 Å². The standard InChI is InChI=1S/C16H18O3.C3H6O2/c1-17-15-7-3-13(4-8-15)11-19-12-14-5-9-16(18-2)10-6-14;4-1-3-2-5-3/h3-10H,11-12H2,1-2H3;3-4H,1-2H2. The largest absolute Gasteiger partial charge is 0.497 e. The Balaban J connectivity index is 0.000000355. The zero-order valence-corrected chi connectivity index (χ0v) is 14.1. The van der Waals surface area contributed by atoms with Crippen LogP contribution in [0.5, 0.6) is 11.5 Å². The van der Waals surface area contributed by atoms with Gasteiger partial charge in [0.15, 0.2) is 0 Å². The number of epoxide rings is 1. The van der Waals surface area contributed by atoms with E-state index in [0.717, 1.165) is 29.2 Å². The summed E-state index contributed by atoms with van der Waals surface area (Å²) in [5, 5.41) is 8.08. The van der Waals surface area contributed by atoms with E-state index in [1.807, 2.05) is 48.5 Å². The molecule has 0 radical (unpaired) electrons. The van der Waals surface area contributed by atoms with Gasteiger partial charge in [-0.05, 0) is 35.4 Å². The third kappa shape index (κ3) is 6.58. The van der Waals surface area contributed by atoms with Gasteiger partial charge in [0.25, 0.3) is 0 Å². The lowest BCUT2D eigenvalue weighted by molar-refractivity contribution is 0.107. The maximum Gasteiger partial charge on any atom is 0.118 e. The minimum atomic E-state index is 0.190. The van der Waals surface area contributed by atoms with Gasteiger partial charge >= 0.3 is 0 Å². The highest BCUT2D eigenvalue weighted by atomic mass is 16.6. The van der Waals surface area contributed by atoms with Crippen LogP contribution in [0.25, 0.3) is 0 Å². The number of rotatable bonds is 7. The van der Waals surface area contributed by atoms with Crippen LogP contribution >= 0.6 is 0 Å². The van der Waals surface area contributed by atoms with E-state index in [4.69, 9.17) is 19.3 Å². The van der Waals surface area contributed by atoms with E-state index in [2.05, 4.69) is 4.74 Å². The second kappa shape index (κ2) is 9.93. The van der Waals surface area contributed by atoms with E-state index >= 15 is 0 Å². The Kier molecular flexibility index (Phi) is 7.55. The summed E-state index contributed by atoms with van der Waals surface area (Å²) in [6.07, 6.45) is 0.190. The van der Waals surface area contributed by atoms with Gasteiger partial charge in [-0.15, -0.1) is 0 Å². The van der Waals surface area contributed by atoms with Gasteiger partial charge in [-0.25, -0.2) is 0 Å². The third-order valence-corrected chi connectivity index (χ3v) is 3.46. The monoisotopic (exact) mass is 332 g/mol. The van der Waals surface area contributed by atoms with Crippen LogP contribution in [0.15, 0.2) is 48.5 Å². The number of aliphatic hydroxyl groups excluding tert-OH is 1. The lowest BCUT2D eigenvalue weighted by Gasteiger charge is -2.06. The van der Waals surface area contributed by atoms with Crippen molar-refractivity contribution in [2.24, 2.45) is 0 Å². The fraction of sp³-hybridized carbons (Fsp3) is 0.368. The highest BCUT2D eigenvalue weighted by Crippen LogP contribution is 2.14. The quantitative estimate of drug-likeness (QED) is 0.790. The van der Waals surface area contributed by atoms with Crippen molar-refractivity contribution in [3.05, 3.63) is 59.7 Å². The molecule has 1 heterocycles. The normalized spacial score (nSPS) is 15.2. The van der Waals surface area contributed by atoms with Crippen LogP contribution in [-0.4, -0.2) is 38.6 Å². The number of hydrogen-bond acceptors (Lipinski definition) is 5. The molecule has 2 aromatic carbocycles. The molecule has 1 N–H and O–H groups in total. The van der Waals surface area contributed by atoms with Crippen LogP contribution in [0.2, 0.25) is 0 Å². The SMILES string of the molecule is COc1ccc(COCc2ccc(OC)cc2)cc1.OCC1CO1. The van der Waals surface area contributed by atoms with Gasteiger partial charge in [0, 0.05) is 0 Å². The fourth-order valence-electron chi connectivity index (χ4n) is 1.90. The second-order valence-electron chi connectivity index (χ2n) is 5.33. The van der Waals surface area contributed by atoms with Gasteiger partial charge in [-0.3, -0.25) is 0 Å². The van der Waals surface area contributed by atoms with Crippen LogP contribution in [0.1, 0.15) is 11.1 Å². The predicted molar refractivity (Wildman–Crippen MR) is 91.3 cm³/mol. The van der Waals surface area contributed by atoms with E-state index in [9.17, 15) is 0 Å². The van der Waals surface area contributed by atoms with E-state index in [-0.39, 0.29) is 12.7 Å². The molecule has 0 spiro atoms. The molecule has 1 aliphatic rings. The topological polar surface area (TPSA) is 60.5 Å². The van der Waals surface area contributed by atoms with E-state index in [1.165, 1.54) is 0 Å². The minimum absolute atomic E-state index is 0.190. The molecule has 1 unspecified atom stereocenters. The van der Waals surface area contributed by atoms with Gasteiger partial charge in [0.2, 0.25) is 0 Å². The summed E-state index contributed by atoms with van der Waals surface area (Å²) in [5.41, 5.74) is 2.27. The molecule has 130 valence electrons. The summed E-state index contributed by atoms with van der Waals surface area (Å²) < 4.78 is 20.5. The second-order valence-corrected chi connectivity index (χ2v) is 5.33. The van der Waals surface area contributed by atoms with Crippen molar-refractivity contribution < 1.29 is 24.1 Å². The average Bonchev–Trinajstić information content (AvgIpc) is 3.48. The first-order chi connectivity index (χ1) is 11.7. The molecule has 1 aliphatic heterocycles. The summed E-state index contributed by atoms with van der Waals surface area (Å²) in [6, 6.07) is 15.8. The predicted octanol–water partition coefficient (Wildman–Crippen LogP) is 2.80. The maximum absolute atomic E-state index is 8.08. The molecule has 2 aromatic rings. The van der Waals surface area contributed by atoms with Crippen molar-refractivity contribution in [3.63, 3.8) is 0 Å². The Bertz CT molecular complexity index is 528. The summed E-state index contributed by atoms with van der Waals surface area (Å²) in [7, 11) is 3.32. The first-order valence-corrected chi connectivity index (χ1v) is 7.81. The highest BCUT2D eigenvalue weighted by Gasteiger charge is 2.19. The van der Waals surface area contributed by atoms with Crippen LogP contribution in [0.3, 0.4) is 0 Å². The highest BCUT2D eigenvalue weighted by molar-refractivity contribution is 5.27. The molecule has 0 bridgehead atoms. The number of ether oxygens (including phenoxy) is 4. The fourth-order valence-corrected chi connectivity index (χ4v) is 1.90. The van der Waals surface area contributed by atoms with Crippen molar-refractivity contribution in [1.29, 1.82) is 0 Å². The molecule has 0 aliphatic carbocycles. The van der Waals surface area contributed by atoms with Crippen molar-refractivity contribution in [2.75, 3.05) is 27.4 Å². The molecule has 0 saturated carbocycles. The molecule has 0 amide bonds. The summed E-state index contributed by atoms with van der Waals surface area (Å²) in [4.78, 5) is 0. The lowest BCUT2D eigenvalue weighted by Crippen LogP contribution is -1.94. The lowest BCUT2D eigenvalue weighted by atomic mass is 10.2. The van der Waals surface area contributed by atoms with Gasteiger partial charge in [0.05, 0.1) is 40.6 Å². The molecule has 3 rings (SSSR count). The van der Waals surface area contributed by atoms with Crippen LogP contribution in [0.4, 0.5) is 0 Å². The van der Waals surface area contributed by atoms with Crippen molar-refractivity contribution in [2.45, 2.75) is 19.3 Å². The summed E-state index contributed by atoms with van der Waals surface area (Å²) in [6.45, 7) is 2.14. The maximum atomic E-state index is 8.08. The summed E-state index contributed by atoms with van der Waals surface area (Å²) in [5.74, 6) is 1.72. The molecule has 1 saturated heterocycles. The molecule has 24 heavy (non-hydrogen) atoms. The van der Waals surface area contributed by atoms with Gasteiger partial charge < -0.3 is 24.1 Å². The minimum Gasteiger partial charge on any atom is -0.497 e. The van der Waals surface area contributed by atoms with Crippen molar-refractivity contribution in [3.8, 4) is 11.5 Å². The Morgan fingerprint density at radius 2 is 1.29 bits per heavy atom. The molecular formula is C19H24O5. The van der Waals surface area contributed by atoms with Crippen molar-refractivity contribution in [1.82, 2.24) is 0 Å². The summed E-state index contributed by atoms with van der Waals surface area (Å²) >= 11 is 0. The van der Waals surface area contributed by atoms with E-state index in [0.29, 0.717) is 13.2 Å². The molecule has 1 fully saturated rings. The number of benzene rings is 2. The number of methoxy groups -OCH3 is 2.